The summed E-state index contributed by atoms with van der Waals surface area (Å²) in [6.07, 6.45) is 6.09. The molecule has 0 aliphatic rings. The molecule has 0 N–H and O–H groups in total. The third kappa shape index (κ3) is 3.82. The van der Waals surface area contributed by atoms with E-state index >= 15 is 0 Å². The van der Waals surface area contributed by atoms with Crippen LogP contribution in [-0.4, -0.2) is 19.7 Å². The summed E-state index contributed by atoms with van der Waals surface area (Å²) in [6.45, 7) is 8.27. The maximum Gasteiger partial charge on any atom is 0.252 e. The quantitative estimate of drug-likeness (QED) is 0.588. The van der Waals surface area contributed by atoms with Crippen molar-refractivity contribution >= 4 is 11.6 Å². The Labute approximate surface area is 131 Å². The van der Waals surface area contributed by atoms with E-state index in [1.165, 1.54) is 31.2 Å². The number of unbranched alkanes of at least 4 members (excludes halogenated alkanes) is 3. The Balaban J connectivity index is 2.25. The maximum atomic E-state index is 6.03. The summed E-state index contributed by atoms with van der Waals surface area (Å²) < 4.78 is 1.81. The molecule has 2 heterocycles. The van der Waals surface area contributed by atoms with Crippen LogP contribution in [0.3, 0.4) is 0 Å². The Morgan fingerprint density at radius 2 is 1.86 bits per heavy atom. The van der Waals surface area contributed by atoms with Gasteiger partial charge in [0.15, 0.2) is 0 Å². The molecule has 114 valence electrons. The third-order valence-electron chi connectivity index (χ3n) is 3.72. The van der Waals surface area contributed by atoms with Gasteiger partial charge in [0.05, 0.1) is 5.69 Å². The second kappa shape index (κ2) is 7.03. The molecular weight excluding hydrogens is 284 g/mol. The minimum atomic E-state index is 0.453. The Morgan fingerprint density at radius 1 is 1.10 bits per heavy atom. The standard InChI is InChI=1S/C16H23ClN4/c1-5-6-7-8-9-14-12(3)20-21(13(14)4)16-18-11(2)10-15(17)19-16/h10H,5-9H2,1-4H3. The molecule has 0 atom stereocenters. The lowest BCUT2D eigenvalue weighted by atomic mass is 10.0. The van der Waals surface area contributed by atoms with Gasteiger partial charge >= 0.3 is 0 Å². The second-order valence-corrected chi connectivity index (χ2v) is 5.89. The Kier molecular flexibility index (Phi) is 5.34. The molecule has 4 nitrogen and oxygen atoms in total. The van der Waals surface area contributed by atoms with Crippen LogP contribution in [0.2, 0.25) is 5.15 Å². The molecular formula is C16H23ClN4. The fraction of sp³-hybridized carbons (Fsp3) is 0.562. The van der Waals surface area contributed by atoms with E-state index in [9.17, 15) is 0 Å². The van der Waals surface area contributed by atoms with E-state index in [1.807, 2.05) is 11.6 Å². The van der Waals surface area contributed by atoms with Crippen LogP contribution in [0.25, 0.3) is 5.95 Å². The van der Waals surface area contributed by atoms with E-state index in [0.29, 0.717) is 11.1 Å². The maximum absolute atomic E-state index is 6.03. The van der Waals surface area contributed by atoms with Crippen LogP contribution in [0.4, 0.5) is 0 Å². The Hall–Kier alpha value is -1.42. The van der Waals surface area contributed by atoms with Gasteiger partial charge in [-0.15, -0.1) is 0 Å². The number of hydrogen-bond donors (Lipinski definition) is 0. The molecule has 0 bridgehead atoms. The lowest BCUT2D eigenvalue weighted by Crippen LogP contribution is -2.06. The molecule has 0 aliphatic carbocycles. The summed E-state index contributed by atoms with van der Waals surface area (Å²) in [5.41, 5.74) is 4.34. The third-order valence-corrected chi connectivity index (χ3v) is 3.92. The predicted octanol–water partition coefficient (Wildman–Crippen LogP) is 4.36. The summed E-state index contributed by atoms with van der Waals surface area (Å²) in [5, 5.41) is 5.05. The summed E-state index contributed by atoms with van der Waals surface area (Å²) >= 11 is 6.03. The van der Waals surface area contributed by atoms with Gasteiger partial charge in [0.25, 0.3) is 5.95 Å². The summed E-state index contributed by atoms with van der Waals surface area (Å²) in [4.78, 5) is 8.72. The molecule has 0 spiro atoms. The van der Waals surface area contributed by atoms with Crippen molar-refractivity contribution in [3.8, 4) is 5.95 Å². The minimum absolute atomic E-state index is 0.453. The van der Waals surface area contributed by atoms with Crippen molar-refractivity contribution in [3.05, 3.63) is 33.9 Å². The van der Waals surface area contributed by atoms with Crippen molar-refractivity contribution in [1.82, 2.24) is 19.7 Å². The number of halogens is 1. The van der Waals surface area contributed by atoms with Crippen molar-refractivity contribution in [2.75, 3.05) is 0 Å². The van der Waals surface area contributed by atoms with Crippen molar-refractivity contribution < 1.29 is 0 Å². The summed E-state index contributed by atoms with van der Waals surface area (Å²) in [5.74, 6) is 0.556. The molecule has 5 heteroatoms. The number of aryl methyl sites for hydroxylation is 2. The first-order valence-electron chi connectivity index (χ1n) is 7.59. The van der Waals surface area contributed by atoms with Gasteiger partial charge in [-0.2, -0.15) is 10.1 Å². The number of hydrogen-bond acceptors (Lipinski definition) is 3. The average Bonchev–Trinajstić information content (AvgIpc) is 2.70. The second-order valence-electron chi connectivity index (χ2n) is 5.50. The Bertz CT molecular complexity index is 599. The van der Waals surface area contributed by atoms with Crippen molar-refractivity contribution in [3.63, 3.8) is 0 Å². The van der Waals surface area contributed by atoms with Crippen molar-refractivity contribution in [1.29, 1.82) is 0 Å². The smallest absolute Gasteiger partial charge is 0.216 e. The van der Waals surface area contributed by atoms with E-state index in [1.54, 1.807) is 6.07 Å². The van der Waals surface area contributed by atoms with E-state index in [0.717, 1.165) is 23.5 Å². The molecule has 0 fully saturated rings. The van der Waals surface area contributed by atoms with Crippen LogP contribution in [0.1, 0.15) is 55.3 Å². The van der Waals surface area contributed by atoms with Gasteiger partial charge in [-0.25, -0.2) is 9.67 Å². The van der Waals surface area contributed by atoms with E-state index in [-0.39, 0.29) is 0 Å². The van der Waals surface area contributed by atoms with Gasteiger partial charge in [-0.3, -0.25) is 0 Å². The highest BCUT2D eigenvalue weighted by Gasteiger charge is 2.14. The molecule has 2 aromatic rings. The first kappa shape index (κ1) is 16.0. The molecule has 0 radical (unpaired) electrons. The Morgan fingerprint density at radius 3 is 2.52 bits per heavy atom. The van der Waals surface area contributed by atoms with Gasteiger partial charge < -0.3 is 0 Å². The van der Waals surface area contributed by atoms with Gasteiger partial charge in [-0.05, 0) is 45.2 Å². The largest absolute Gasteiger partial charge is 0.252 e. The lowest BCUT2D eigenvalue weighted by molar-refractivity contribution is 0.664. The number of aromatic nitrogens is 4. The molecule has 2 rings (SSSR count). The van der Waals surface area contributed by atoms with Crippen LogP contribution in [0.15, 0.2) is 6.07 Å². The van der Waals surface area contributed by atoms with E-state index < -0.39 is 0 Å². The van der Waals surface area contributed by atoms with Crippen LogP contribution < -0.4 is 0 Å². The summed E-state index contributed by atoms with van der Waals surface area (Å²) in [6, 6.07) is 1.75. The molecule has 2 aromatic heterocycles. The topological polar surface area (TPSA) is 43.6 Å². The monoisotopic (exact) mass is 306 g/mol. The first-order valence-corrected chi connectivity index (χ1v) is 7.97. The van der Waals surface area contributed by atoms with Crippen molar-refractivity contribution in [2.24, 2.45) is 0 Å². The van der Waals surface area contributed by atoms with Gasteiger partial charge in [0.2, 0.25) is 0 Å². The van der Waals surface area contributed by atoms with Crippen molar-refractivity contribution in [2.45, 2.75) is 59.8 Å². The number of nitrogens with zero attached hydrogens (tertiary/aromatic N) is 4. The van der Waals surface area contributed by atoms with Crippen LogP contribution >= 0.6 is 11.6 Å². The van der Waals surface area contributed by atoms with Gasteiger partial charge in [0.1, 0.15) is 5.15 Å². The van der Waals surface area contributed by atoms with Gasteiger partial charge in [-0.1, -0.05) is 37.8 Å². The molecule has 0 saturated heterocycles. The molecule has 0 unspecified atom stereocenters. The molecule has 0 aliphatic heterocycles. The van der Waals surface area contributed by atoms with E-state index in [2.05, 4.69) is 35.8 Å². The first-order chi connectivity index (χ1) is 10.0. The highest BCUT2D eigenvalue weighted by atomic mass is 35.5. The molecule has 0 saturated carbocycles. The minimum Gasteiger partial charge on any atom is -0.216 e. The van der Waals surface area contributed by atoms with Crippen LogP contribution in [0.5, 0.6) is 0 Å². The van der Waals surface area contributed by atoms with Crippen LogP contribution in [0, 0.1) is 20.8 Å². The zero-order chi connectivity index (χ0) is 15.4. The van der Waals surface area contributed by atoms with E-state index in [4.69, 9.17) is 11.6 Å². The highest BCUT2D eigenvalue weighted by molar-refractivity contribution is 6.29. The summed E-state index contributed by atoms with van der Waals surface area (Å²) in [7, 11) is 0. The van der Waals surface area contributed by atoms with Crippen LogP contribution in [-0.2, 0) is 6.42 Å². The normalized spacial score (nSPS) is 11.1. The lowest BCUT2D eigenvalue weighted by Gasteiger charge is -2.05. The highest BCUT2D eigenvalue weighted by Crippen LogP contribution is 2.20. The zero-order valence-electron chi connectivity index (χ0n) is 13.3. The molecule has 0 amide bonds. The SMILES string of the molecule is CCCCCCc1c(C)nn(-c2nc(C)cc(Cl)n2)c1C. The van der Waals surface area contributed by atoms with Gasteiger partial charge in [0, 0.05) is 11.4 Å². The predicted molar refractivity (Wildman–Crippen MR) is 86.2 cm³/mol. The fourth-order valence-electron chi connectivity index (χ4n) is 2.57. The average molecular weight is 307 g/mol. The molecule has 21 heavy (non-hydrogen) atoms. The fourth-order valence-corrected chi connectivity index (χ4v) is 2.80. The zero-order valence-corrected chi connectivity index (χ0v) is 14.0. The number of rotatable bonds is 6. The molecule has 0 aromatic carbocycles.